The van der Waals surface area contributed by atoms with E-state index < -0.39 is 4.92 Å². The molecule has 0 N–H and O–H groups in total. The van der Waals surface area contributed by atoms with Gasteiger partial charge in [0.25, 0.3) is 5.69 Å². The molecule has 0 aliphatic carbocycles. The number of aromatic nitrogens is 2. The molecular formula is C16H11N3O4S. The number of nitrogens with zero attached hydrogens (tertiary/aromatic N) is 3. The number of thiol groups is 1. The van der Waals surface area contributed by atoms with E-state index in [2.05, 4.69) is 17.9 Å². The van der Waals surface area contributed by atoms with Crippen LogP contribution in [0.25, 0.3) is 23.1 Å². The van der Waals surface area contributed by atoms with E-state index in [0.29, 0.717) is 17.0 Å². The van der Waals surface area contributed by atoms with E-state index in [4.69, 9.17) is 9.47 Å². The lowest BCUT2D eigenvalue weighted by Gasteiger charge is -1.97. The van der Waals surface area contributed by atoms with Gasteiger partial charge in [0.1, 0.15) is 0 Å². The highest BCUT2D eigenvalue weighted by molar-refractivity contribution is 7.78. The molecule has 0 bridgehead atoms. The Kier molecular flexibility index (Phi) is 3.39. The summed E-state index contributed by atoms with van der Waals surface area (Å²) in [7, 11) is 0. The summed E-state index contributed by atoms with van der Waals surface area (Å²) in [5, 5.41) is 16.0. The zero-order chi connectivity index (χ0) is 16.7. The van der Waals surface area contributed by atoms with Gasteiger partial charge in [-0.1, -0.05) is 12.1 Å². The van der Waals surface area contributed by atoms with E-state index >= 15 is 0 Å². The second-order valence-electron chi connectivity index (χ2n) is 5.18. The summed E-state index contributed by atoms with van der Waals surface area (Å²) >= 11 is 4.23. The first-order chi connectivity index (χ1) is 11.6. The molecule has 0 unspecified atom stereocenters. The van der Waals surface area contributed by atoms with Crippen LogP contribution in [0.2, 0.25) is 0 Å². The zero-order valence-corrected chi connectivity index (χ0v) is 13.1. The smallest absolute Gasteiger partial charge is 0.271 e. The van der Waals surface area contributed by atoms with Crippen molar-refractivity contribution in [3.63, 3.8) is 0 Å². The van der Waals surface area contributed by atoms with Crippen molar-refractivity contribution in [3.05, 3.63) is 57.8 Å². The van der Waals surface area contributed by atoms with Gasteiger partial charge in [-0.15, -0.1) is 0 Å². The maximum atomic E-state index is 10.9. The van der Waals surface area contributed by atoms with Crippen LogP contribution < -0.4 is 9.47 Å². The number of non-ortho nitro benzene ring substituents is 1. The fourth-order valence-electron chi connectivity index (χ4n) is 2.54. The minimum atomic E-state index is -0.442. The first-order valence-electron chi connectivity index (χ1n) is 7.06. The molecule has 3 aromatic rings. The third kappa shape index (κ3) is 2.46. The third-order valence-electron chi connectivity index (χ3n) is 3.72. The van der Waals surface area contributed by atoms with E-state index in [-0.39, 0.29) is 12.5 Å². The Labute approximate surface area is 141 Å². The topological polar surface area (TPSA) is 79.4 Å². The molecule has 1 aromatic heterocycles. The highest BCUT2D eigenvalue weighted by Gasteiger charge is 2.14. The molecule has 0 spiro atoms. The number of rotatable bonds is 3. The molecule has 0 saturated carbocycles. The highest BCUT2D eigenvalue weighted by atomic mass is 32.1. The van der Waals surface area contributed by atoms with E-state index in [1.807, 2.05) is 30.4 Å². The molecule has 7 nitrogen and oxygen atoms in total. The average molecular weight is 341 g/mol. The highest BCUT2D eigenvalue weighted by Crippen LogP contribution is 2.33. The number of nitro groups is 1. The van der Waals surface area contributed by atoms with Crippen LogP contribution in [0.3, 0.4) is 0 Å². The lowest BCUT2D eigenvalue weighted by Crippen LogP contribution is -1.92. The van der Waals surface area contributed by atoms with Crippen LogP contribution in [0.5, 0.6) is 11.5 Å². The quantitative estimate of drug-likeness (QED) is 0.448. The largest absolute Gasteiger partial charge is 0.454 e. The number of benzene rings is 2. The van der Waals surface area contributed by atoms with Gasteiger partial charge >= 0.3 is 0 Å². The van der Waals surface area contributed by atoms with Gasteiger partial charge in [-0.3, -0.25) is 10.1 Å². The van der Waals surface area contributed by atoms with E-state index in [1.165, 1.54) is 16.2 Å². The number of fused-ring (bicyclic) bond motifs is 2. The van der Waals surface area contributed by atoms with Crippen molar-refractivity contribution in [2.45, 2.75) is 0 Å². The summed E-state index contributed by atoms with van der Waals surface area (Å²) < 4.78 is 12.0. The second kappa shape index (κ2) is 5.57. The van der Waals surface area contributed by atoms with E-state index in [9.17, 15) is 10.1 Å². The standard InChI is InChI=1S/C16H11N3O4S/c20-19(21)11-3-4-12-13(17-18(24)14(12)8-11)5-1-10-2-6-15-16(7-10)23-9-22-15/h1-8,24H,9H2. The van der Waals surface area contributed by atoms with Gasteiger partial charge in [-0.05, 0) is 42.7 Å². The lowest BCUT2D eigenvalue weighted by molar-refractivity contribution is -0.384. The number of nitro benzene ring substituents is 1. The van der Waals surface area contributed by atoms with Crippen molar-refractivity contribution >= 4 is 41.6 Å². The molecule has 1 aliphatic heterocycles. The molecule has 1 aliphatic rings. The summed E-state index contributed by atoms with van der Waals surface area (Å²) in [6, 6.07) is 10.2. The maximum Gasteiger partial charge on any atom is 0.271 e. The van der Waals surface area contributed by atoms with Gasteiger partial charge in [0.15, 0.2) is 11.5 Å². The van der Waals surface area contributed by atoms with Crippen molar-refractivity contribution < 1.29 is 14.4 Å². The van der Waals surface area contributed by atoms with Crippen LogP contribution in [0.1, 0.15) is 11.3 Å². The summed E-state index contributed by atoms with van der Waals surface area (Å²) in [5.74, 6) is 1.43. The Balaban J connectivity index is 1.70. The minimum Gasteiger partial charge on any atom is -0.454 e. The van der Waals surface area contributed by atoms with Crippen molar-refractivity contribution in [1.82, 2.24) is 9.19 Å². The van der Waals surface area contributed by atoms with Crippen LogP contribution in [0.4, 0.5) is 5.69 Å². The van der Waals surface area contributed by atoms with Gasteiger partial charge in [-0.2, -0.15) is 5.10 Å². The maximum absolute atomic E-state index is 10.9. The molecule has 8 heteroatoms. The lowest BCUT2D eigenvalue weighted by atomic mass is 10.1. The summed E-state index contributed by atoms with van der Waals surface area (Å²) in [5.41, 5.74) is 2.19. The first kappa shape index (κ1) is 14.6. The monoisotopic (exact) mass is 341 g/mol. The van der Waals surface area contributed by atoms with E-state index in [0.717, 1.165) is 16.7 Å². The molecule has 2 aromatic carbocycles. The third-order valence-corrected chi connectivity index (χ3v) is 4.02. The predicted octanol–water partition coefficient (Wildman–Crippen LogP) is 3.54. The minimum absolute atomic E-state index is 0.00370. The average Bonchev–Trinajstić information content (AvgIpc) is 3.17. The van der Waals surface area contributed by atoms with Crippen molar-refractivity contribution in [1.29, 1.82) is 0 Å². The number of ether oxygens (including phenoxy) is 2. The van der Waals surface area contributed by atoms with E-state index in [1.54, 1.807) is 6.07 Å². The van der Waals surface area contributed by atoms with Crippen LogP contribution in [-0.4, -0.2) is 20.9 Å². The molecule has 2 heterocycles. The van der Waals surface area contributed by atoms with Crippen molar-refractivity contribution in [3.8, 4) is 11.5 Å². The molecule has 0 radical (unpaired) electrons. The number of hydrogen-bond acceptors (Lipinski definition) is 6. The van der Waals surface area contributed by atoms with Gasteiger partial charge < -0.3 is 9.47 Å². The summed E-state index contributed by atoms with van der Waals surface area (Å²) in [4.78, 5) is 10.4. The molecular weight excluding hydrogens is 330 g/mol. The molecule has 0 saturated heterocycles. The van der Waals surface area contributed by atoms with Crippen LogP contribution >= 0.6 is 12.8 Å². The zero-order valence-electron chi connectivity index (χ0n) is 12.2. The van der Waals surface area contributed by atoms with Crippen LogP contribution in [0, 0.1) is 10.1 Å². The molecule has 0 amide bonds. The second-order valence-corrected chi connectivity index (χ2v) is 5.56. The molecule has 4 rings (SSSR count). The first-order valence-corrected chi connectivity index (χ1v) is 7.46. The molecule has 120 valence electrons. The molecule has 24 heavy (non-hydrogen) atoms. The predicted molar refractivity (Wildman–Crippen MR) is 92.3 cm³/mol. The van der Waals surface area contributed by atoms with Crippen molar-refractivity contribution in [2.75, 3.05) is 6.79 Å². The molecule has 0 fully saturated rings. The van der Waals surface area contributed by atoms with Gasteiger partial charge in [-0.25, -0.2) is 4.09 Å². The Morgan fingerprint density at radius 3 is 2.83 bits per heavy atom. The number of hydrogen-bond donors (Lipinski definition) is 1. The summed E-state index contributed by atoms with van der Waals surface area (Å²) in [6.07, 6.45) is 3.72. The SMILES string of the molecule is O=[N+]([O-])c1ccc2c(C=Cc3ccc4c(c3)OCO4)nn(S)c2c1. The Hall–Kier alpha value is -3.00. The van der Waals surface area contributed by atoms with Crippen LogP contribution in [-0.2, 0) is 0 Å². The normalized spacial score (nSPS) is 13.0. The van der Waals surface area contributed by atoms with Gasteiger partial charge in [0.2, 0.25) is 6.79 Å². The Morgan fingerprint density at radius 1 is 1.17 bits per heavy atom. The van der Waals surface area contributed by atoms with Crippen LogP contribution in [0.15, 0.2) is 36.4 Å². The Bertz CT molecular complexity index is 996. The van der Waals surface area contributed by atoms with Gasteiger partial charge in [0, 0.05) is 17.5 Å². The fourth-order valence-corrected chi connectivity index (χ4v) is 2.80. The van der Waals surface area contributed by atoms with Crippen molar-refractivity contribution in [2.24, 2.45) is 0 Å². The van der Waals surface area contributed by atoms with Gasteiger partial charge in [0.05, 0.1) is 16.1 Å². The fraction of sp³-hybridized carbons (Fsp3) is 0.0625. The Morgan fingerprint density at radius 2 is 2.00 bits per heavy atom. The molecule has 0 atom stereocenters. The summed E-state index contributed by atoms with van der Waals surface area (Å²) in [6.45, 7) is 0.232.